The topological polar surface area (TPSA) is 69.0 Å². The van der Waals surface area contributed by atoms with Gasteiger partial charge in [0, 0.05) is 5.02 Å². The number of carbonyl (C=O) groups excluding carboxylic acids is 1. The highest BCUT2D eigenvalue weighted by atomic mass is 35.5. The van der Waals surface area contributed by atoms with E-state index in [2.05, 4.69) is 22.4 Å². The summed E-state index contributed by atoms with van der Waals surface area (Å²) in [4.78, 5) is 14.5. The highest BCUT2D eigenvalue weighted by Crippen LogP contribution is 2.29. The van der Waals surface area contributed by atoms with E-state index >= 15 is 0 Å². The third kappa shape index (κ3) is 4.71. The van der Waals surface area contributed by atoms with E-state index in [4.69, 9.17) is 27.9 Å². The van der Waals surface area contributed by atoms with Crippen LogP contribution in [0.25, 0.3) is 16.7 Å². The van der Waals surface area contributed by atoms with Gasteiger partial charge in [0.15, 0.2) is 5.60 Å². The fraction of sp³-hybridized carbons (Fsp3) is 0.208. The molecule has 0 aliphatic rings. The molecule has 0 aliphatic heterocycles. The third-order valence-corrected chi connectivity index (χ3v) is 5.59. The molecular weight excluding hydrogens is 447 g/mol. The van der Waals surface area contributed by atoms with Crippen molar-refractivity contribution in [3.63, 3.8) is 0 Å². The monoisotopic (exact) mass is 468 g/mol. The lowest BCUT2D eigenvalue weighted by Gasteiger charge is -2.25. The summed E-state index contributed by atoms with van der Waals surface area (Å²) in [6.07, 6.45) is 0.964. The van der Waals surface area contributed by atoms with Crippen molar-refractivity contribution in [3.8, 4) is 11.4 Å². The van der Waals surface area contributed by atoms with Gasteiger partial charge in [0.05, 0.1) is 16.4 Å². The number of benzene rings is 3. The summed E-state index contributed by atoms with van der Waals surface area (Å²) in [7, 11) is 0. The zero-order chi connectivity index (χ0) is 22.9. The Morgan fingerprint density at radius 1 is 1.00 bits per heavy atom. The van der Waals surface area contributed by atoms with Gasteiger partial charge in [-0.2, -0.15) is 4.80 Å². The minimum Gasteiger partial charge on any atom is -0.478 e. The lowest BCUT2D eigenvalue weighted by Crippen LogP contribution is -2.42. The number of rotatable bonds is 6. The molecule has 6 nitrogen and oxygen atoms in total. The SMILES string of the molecule is CCc1ccc(-n2nc3cc(Cl)c(NC(=O)C(C)(C)Oc4ccc(Cl)cc4)cc3n2)cc1. The lowest BCUT2D eigenvalue weighted by molar-refractivity contribution is -0.128. The number of hydrogen-bond donors (Lipinski definition) is 1. The number of carbonyl (C=O) groups is 1. The number of aromatic nitrogens is 3. The Labute approximate surface area is 196 Å². The van der Waals surface area contributed by atoms with Crippen molar-refractivity contribution in [3.05, 3.63) is 76.3 Å². The number of hydrogen-bond acceptors (Lipinski definition) is 4. The standard InChI is InChI=1S/C24H22Cl2N4O2/c1-4-15-5-9-17(10-6-15)30-28-21-13-19(26)20(14-22(21)29-30)27-23(31)24(2,3)32-18-11-7-16(25)8-12-18/h5-14H,4H2,1-3H3,(H,27,31). The second-order valence-corrected chi connectivity index (χ2v) is 8.69. The van der Waals surface area contributed by atoms with Crippen LogP contribution in [0.4, 0.5) is 5.69 Å². The van der Waals surface area contributed by atoms with E-state index in [0.717, 1.165) is 12.1 Å². The molecule has 4 rings (SSSR count). The Morgan fingerprint density at radius 3 is 2.25 bits per heavy atom. The summed E-state index contributed by atoms with van der Waals surface area (Å²) in [6.45, 7) is 5.47. The molecule has 0 fully saturated rings. The molecule has 164 valence electrons. The van der Waals surface area contributed by atoms with Crippen LogP contribution in [0.5, 0.6) is 5.75 Å². The van der Waals surface area contributed by atoms with Crippen LogP contribution in [-0.4, -0.2) is 26.5 Å². The molecule has 0 aliphatic carbocycles. The Morgan fingerprint density at radius 2 is 1.62 bits per heavy atom. The normalized spacial score (nSPS) is 11.5. The van der Waals surface area contributed by atoms with Crippen LogP contribution < -0.4 is 10.1 Å². The van der Waals surface area contributed by atoms with Crippen molar-refractivity contribution in [1.82, 2.24) is 15.0 Å². The predicted octanol–water partition coefficient (Wildman–Crippen LogP) is 6.09. The van der Waals surface area contributed by atoms with Crippen LogP contribution in [0.2, 0.25) is 10.0 Å². The van der Waals surface area contributed by atoms with Crippen LogP contribution in [0, 0.1) is 0 Å². The molecule has 3 aromatic carbocycles. The molecule has 1 heterocycles. The maximum absolute atomic E-state index is 12.9. The molecular formula is C24H22Cl2N4O2. The van der Waals surface area contributed by atoms with Crippen LogP contribution >= 0.6 is 23.2 Å². The van der Waals surface area contributed by atoms with Crippen molar-refractivity contribution < 1.29 is 9.53 Å². The minimum atomic E-state index is -1.15. The number of nitrogens with one attached hydrogen (secondary N) is 1. The van der Waals surface area contributed by atoms with Gasteiger partial charge >= 0.3 is 0 Å². The second kappa shape index (κ2) is 8.81. The quantitative estimate of drug-likeness (QED) is 0.371. The fourth-order valence-electron chi connectivity index (χ4n) is 3.13. The number of aryl methyl sites for hydroxylation is 1. The van der Waals surface area contributed by atoms with Gasteiger partial charge in [-0.05, 0) is 74.4 Å². The molecule has 0 saturated heterocycles. The van der Waals surface area contributed by atoms with Gasteiger partial charge in [-0.15, -0.1) is 10.2 Å². The summed E-state index contributed by atoms with van der Waals surface area (Å²) in [6, 6.07) is 18.3. The predicted molar refractivity (Wildman–Crippen MR) is 128 cm³/mol. The first kappa shape index (κ1) is 22.1. The van der Waals surface area contributed by atoms with Gasteiger partial charge in [-0.3, -0.25) is 4.79 Å². The Bertz CT molecular complexity index is 1270. The average molecular weight is 469 g/mol. The minimum absolute atomic E-state index is 0.351. The zero-order valence-electron chi connectivity index (χ0n) is 17.9. The number of halogens is 2. The molecule has 0 bridgehead atoms. The van der Waals surface area contributed by atoms with E-state index in [1.165, 1.54) is 5.56 Å². The van der Waals surface area contributed by atoms with Crippen LogP contribution in [0.1, 0.15) is 26.3 Å². The highest BCUT2D eigenvalue weighted by Gasteiger charge is 2.30. The number of ether oxygens (including phenoxy) is 1. The van der Waals surface area contributed by atoms with Crippen LogP contribution in [0.3, 0.4) is 0 Å². The number of amides is 1. The van der Waals surface area contributed by atoms with Crippen molar-refractivity contribution >= 4 is 45.8 Å². The largest absolute Gasteiger partial charge is 0.478 e. The molecule has 4 aromatic rings. The van der Waals surface area contributed by atoms with E-state index in [1.807, 2.05) is 24.3 Å². The van der Waals surface area contributed by atoms with Crippen molar-refractivity contribution in [2.45, 2.75) is 32.8 Å². The Kier molecular flexibility index (Phi) is 6.09. The van der Waals surface area contributed by atoms with Gasteiger partial charge in [0.25, 0.3) is 5.91 Å². The van der Waals surface area contributed by atoms with Gasteiger partial charge < -0.3 is 10.1 Å². The maximum Gasteiger partial charge on any atom is 0.268 e. The van der Waals surface area contributed by atoms with Gasteiger partial charge in [0.1, 0.15) is 16.8 Å². The van der Waals surface area contributed by atoms with E-state index in [0.29, 0.717) is 32.5 Å². The molecule has 0 unspecified atom stereocenters. The molecule has 0 radical (unpaired) electrons. The first-order valence-electron chi connectivity index (χ1n) is 10.2. The Hall–Kier alpha value is -3.09. The van der Waals surface area contributed by atoms with E-state index in [9.17, 15) is 4.79 Å². The van der Waals surface area contributed by atoms with Crippen molar-refractivity contribution in [2.24, 2.45) is 0 Å². The van der Waals surface area contributed by atoms with Crippen molar-refractivity contribution in [1.29, 1.82) is 0 Å². The van der Waals surface area contributed by atoms with Crippen LogP contribution in [0.15, 0.2) is 60.7 Å². The molecule has 0 saturated carbocycles. The van der Waals surface area contributed by atoms with E-state index < -0.39 is 5.60 Å². The smallest absolute Gasteiger partial charge is 0.268 e. The molecule has 0 atom stereocenters. The summed E-state index contributed by atoms with van der Waals surface area (Å²) in [5.41, 5.74) is 2.61. The van der Waals surface area contributed by atoms with E-state index in [-0.39, 0.29) is 5.91 Å². The number of anilines is 1. The van der Waals surface area contributed by atoms with Gasteiger partial charge in [-0.1, -0.05) is 42.3 Å². The first-order chi connectivity index (χ1) is 15.2. The van der Waals surface area contributed by atoms with Gasteiger partial charge in [0.2, 0.25) is 0 Å². The van der Waals surface area contributed by atoms with Gasteiger partial charge in [-0.25, -0.2) is 0 Å². The zero-order valence-corrected chi connectivity index (χ0v) is 19.4. The molecule has 0 spiro atoms. The third-order valence-electron chi connectivity index (χ3n) is 5.03. The molecule has 8 heteroatoms. The molecule has 1 aromatic heterocycles. The molecule has 1 amide bonds. The number of nitrogens with zero attached hydrogens (tertiary/aromatic N) is 3. The highest BCUT2D eigenvalue weighted by molar-refractivity contribution is 6.34. The molecule has 1 N–H and O–H groups in total. The Balaban J connectivity index is 1.56. The van der Waals surface area contributed by atoms with E-state index in [1.54, 1.807) is 55.0 Å². The fourth-order valence-corrected chi connectivity index (χ4v) is 3.46. The average Bonchev–Trinajstić information content (AvgIpc) is 3.18. The first-order valence-corrected chi connectivity index (χ1v) is 10.9. The second-order valence-electron chi connectivity index (χ2n) is 7.85. The maximum atomic E-state index is 12.9. The molecule has 32 heavy (non-hydrogen) atoms. The van der Waals surface area contributed by atoms with Crippen molar-refractivity contribution in [2.75, 3.05) is 5.32 Å². The number of fused-ring (bicyclic) bond motifs is 1. The lowest BCUT2D eigenvalue weighted by atomic mass is 10.1. The summed E-state index contributed by atoms with van der Waals surface area (Å²) in [5.74, 6) is 0.185. The van der Waals surface area contributed by atoms with Crippen LogP contribution in [-0.2, 0) is 11.2 Å². The summed E-state index contributed by atoms with van der Waals surface area (Å²) in [5, 5.41) is 12.8. The summed E-state index contributed by atoms with van der Waals surface area (Å²) >= 11 is 12.3. The summed E-state index contributed by atoms with van der Waals surface area (Å²) < 4.78 is 5.85.